The van der Waals surface area contributed by atoms with Gasteiger partial charge in [-0.15, -0.1) is 0 Å². The summed E-state index contributed by atoms with van der Waals surface area (Å²) in [5.74, 6) is -3.06. The van der Waals surface area contributed by atoms with E-state index in [1.54, 1.807) is 0 Å². The molecule has 0 heterocycles. The largest absolute Gasteiger partial charge is 0.460 e. The van der Waals surface area contributed by atoms with Gasteiger partial charge in [-0.25, -0.2) is 4.79 Å². The van der Waals surface area contributed by atoms with Gasteiger partial charge in [-0.05, 0) is 25.1 Å². The third-order valence-electron chi connectivity index (χ3n) is 2.29. The second kappa shape index (κ2) is 7.68. The highest BCUT2D eigenvalue weighted by molar-refractivity contribution is 6.40. The number of carbonyl (C=O) groups excluding carboxylic acids is 3. The molecule has 0 atom stereocenters. The van der Waals surface area contributed by atoms with Crippen molar-refractivity contribution in [2.75, 3.05) is 6.61 Å². The lowest BCUT2D eigenvalue weighted by atomic mass is 10.1. The number of alkyl halides is 2. The van der Waals surface area contributed by atoms with Gasteiger partial charge in [-0.1, -0.05) is 11.6 Å². The molecular formula is C13H11ClF2O5. The number of halogens is 3. The highest BCUT2D eigenvalue weighted by Crippen LogP contribution is 2.25. The maximum atomic E-state index is 12.0. The van der Waals surface area contributed by atoms with Crippen LogP contribution in [0.5, 0.6) is 5.75 Å². The number of esters is 1. The summed E-state index contributed by atoms with van der Waals surface area (Å²) in [7, 11) is 0. The van der Waals surface area contributed by atoms with Crippen LogP contribution < -0.4 is 4.74 Å². The summed E-state index contributed by atoms with van der Waals surface area (Å²) in [6.07, 6.45) is -0.715. The van der Waals surface area contributed by atoms with Crippen LogP contribution in [0.25, 0.3) is 0 Å². The Balaban J connectivity index is 2.79. The van der Waals surface area contributed by atoms with Crippen LogP contribution in [0.3, 0.4) is 0 Å². The molecule has 0 amide bonds. The van der Waals surface area contributed by atoms with Gasteiger partial charge in [0.2, 0.25) is 5.78 Å². The van der Waals surface area contributed by atoms with Gasteiger partial charge >= 0.3 is 12.6 Å². The maximum Gasteiger partial charge on any atom is 0.387 e. The van der Waals surface area contributed by atoms with Gasteiger partial charge in [0.25, 0.3) is 0 Å². The van der Waals surface area contributed by atoms with Gasteiger partial charge in [-0.3, -0.25) is 9.59 Å². The molecule has 0 radical (unpaired) electrons. The van der Waals surface area contributed by atoms with Crippen LogP contribution in [-0.2, 0) is 14.3 Å². The molecule has 0 bridgehead atoms. The summed E-state index contributed by atoms with van der Waals surface area (Å²) in [6.45, 7) is -1.49. The highest BCUT2D eigenvalue weighted by atomic mass is 35.5. The van der Waals surface area contributed by atoms with Crippen LogP contribution in [0.1, 0.15) is 23.7 Å². The summed E-state index contributed by atoms with van der Waals surface area (Å²) in [4.78, 5) is 34.3. The van der Waals surface area contributed by atoms with Gasteiger partial charge in [0, 0.05) is 5.56 Å². The predicted octanol–water partition coefficient (Wildman–Crippen LogP) is 2.65. The molecule has 0 saturated heterocycles. The summed E-state index contributed by atoms with van der Waals surface area (Å²) >= 11 is 5.76. The zero-order valence-corrected chi connectivity index (χ0v) is 11.7. The van der Waals surface area contributed by atoms with E-state index in [1.807, 2.05) is 0 Å². The number of hydrogen-bond acceptors (Lipinski definition) is 5. The molecule has 1 aromatic carbocycles. The molecular weight excluding hydrogens is 310 g/mol. The van der Waals surface area contributed by atoms with Crippen molar-refractivity contribution in [3.8, 4) is 5.75 Å². The molecule has 0 unspecified atom stereocenters. The number of ketones is 2. The van der Waals surface area contributed by atoms with Crippen molar-refractivity contribution in [2.24, 2.45) is 0 Å². The number of rotatable bonds is 7. The fourth-order valence-electron chi connectivity index (χ4n) is 1.42. The minimum absolute atomic E-state index is 0.0131. The Morgan fingerprint density at radius 3 is 2.48 bits per heavy atom. The molecule has 0 fully saturated rings. The lowest BCUT2D eigenvalue weighted by Crippen LogP contribution is -2.20. The van der Waals surface area contributed by atoms with Crippen molar-refractivity contribution >= 4 is 29.1 Å². The Bertz CT molecular complexity index is 559. The molecule has 0 aliphatic rings. The topological polar surface area (TPSA) is 69.7 Å². The van der Waals surface area contributed by atoms with Crippen molar-refractivity contribution in [3.05, 3.63) is 28.8 Å². The Kier molecular flexibility index (Phi) is 6.23. The zero-order valence-electron chi connectivity index (χ0n) is 10.9. The normalized spacial score (nSPS) is 10.3. The van der Waals surface area contributed by atoms with Crippen LogP contribution >= 0.6 is 11.6 Å². The molecule has 114 valence electrons. The van der Waals surface area contributed by atoms with Crippen LogP contribution in [-0.4, -0.2) is 30.8 Å². The van der Waals surface area contributed by atoms with Crippen LogP contribution in [0.15, 0.2) is 18.2 Å². The van der Waals surface area contributed by atoms with E-state index in [9.17, 15) is 23.2 Å². The second-order valence-electron chi connectivity index (χ2n) is 3.76. The van der Waals surface area contributed by atoms with Crippen molar-refractivity contribution in [3.63, 3.8) is 0 Å². The number of Topliss-reactive ketones (excluding diaryl/α,β-unsaturated/α-hetero) is 2. The first-order valence-electron chi connectivity index (χ1n) is 5.82. The molecule has 5 nitrogen and oxygen atoms in total. The molecule has 0 spiro atoms. The first-order valence-corrected chi connectivity index (χ1v) is 6.20. The Hall–Kier alpha value is -2.02. The molecule has 21 heavy (non-hydrogen) atoms. The van der Waals surface area contributed by atoms with E-state index in [0.717, 1.165) is 18.2 Å². The molecule has 0 aromatic heterocycles. The Morgan fingerprint density at radius 2 is 1.95 bits per heavy atom. The molecule has 1 aromatic rings. The number of ether oxygens (including phenoxy) is 2. The van der Waals surface area contributed by atoms with Crippen LogP contribution in [0, 0.1) is 0 Å². The quantitative estimate of drug-likeness (QED) is 0.334. The lowest BCUT2D eigenvalue weighted by molar-refractivity contribution is -0.153. The zero-order chi connectivity index (χ0) is 16.0. The van der Waals surface area contributed by atoms with Crippen molar-refractivity contribution < 1.29 is 32.6 Å². The number of benzene rings is 1. The average Bonchev–Trinajstić information content (AvgIpc) is 2.37. The minimum atomic E-state index is -3.02. The van der Waals surface area contributed by atoms with Gasteiger partial charge in [0.05, 0.1) is 18.1 Å². The van der Waals surface area contributed by atoms with E-state index in [4.69, 9.17) is 11.6 Å². The average molecular weight is 321 g/mol. The SMILES string of the molecule is CCOC(=O)C(=O)CC(=O)c1ccc(OC(F)F)cc1Cl. The predicted molar refractivity (Wildman–Crippen MR) is 68.7 cm³/mol. The lowest BCUT2D eigenvalue weighted by Gasteiger charge is -2.07. The molecule has 8 heteroatoms. The smallest absolute Gasteiger partial charge is 0.387 e. The summed E-state index contributed by atoms with van der Waals surface area (Å²) in [5, 5.41) is -0.158. The second-order valence-corrected chi connectivity index (χ2v) is 4.17. The van der Waals surface area contributed by atoms with E-state index in [1.165, 1.54) is 6.92 Å². The van der Waals surface area contributed by atoms with Gasteiger partial charge < -0.3 is 9.47 Å². The fourth-order valence-corrected chi connectivity index (χ4v) is 1.70. The fraction of sp³-hybridized carbons (Fsp3) is 0.308. The molecule has 0 aliphatic heterocycles. The van der Waals surface area contributed by atoms with Crippen LogP contribution in [0.4, 0.5) is 8.78 Å². The number of hydrogen-bond donors (Lipinski definition) is 0. The van der Waals surface area contributed by atoms with E-state index in [0.29, 0.717) is 0 Å². The first kappa shape index (κ1) is 17.0. The van der Waals surface area contributed by atoms with Gasteiger partial charge in [0.15, 0.2) is 5.78 Å². The monoisotopic (exact) mass is 320 g/mol. The van der Waals surface area contributed by atoms with Crippen molar-refractivity contribution in [1.82, 2.24) is 0 Å². The standard InChI is InChI=1S/C13H11ClF2O5/c1-2-20-12(19)11(18)6-10(17)8-4-3-7(5-9(8)14)21-13(15)16/h3-5,13H,2,6H2,1H3. The molecule has 0 aliphatic carbocycles. The van der Waals surface area contributed by atoms with E-state index >= 15 is 0 Å². The third-order valence-corrected chi connectivity index (χ3v) is 2.60. The highest BCUT2D eigenvalue weighted by Gasteiger charge is 2.21. The maximum absolute atomic E-state index is 12.0. The van der Waals surface area contributed by atoms with Gasteiger partial charge in [-0.2, -0.15) is 8.78 Å². The van der Waals surface area contributed by atoms with E-state index in [2.05, 4.69) is 9.47 Å². The van der Waals surface area contributed by atoms with E-state index in [-0.39, 0.29) is 22.9 Å². The summed E-state index contributed by atoms with van der Waals surface area (Å²) in [6, 6.07) is 3.27. The van der Waals surface area contributed by atoms with E-state index < -0.39 is 30.6 Å². The van der Waals surface area contributed by atoms with Crippen molar-refractivity contribution in [2.45, 2.75) is 20.0 Å². The van der Waals surface area contributed by atoms with Crippen LogP contribution in [0.2, 0.25) is 5.02 Å². The molecule has 0 saturated carbocycles. The number of carbonyl (C=O) groups is 3. The third kappa shape index (κ3) is 5.11. The first-order chi connectivity index (χ1) is 9.85. The van der Waals surface area contributed by atoms with Crippen molar-refractivity contribution in [1.29, 1.82) is 0 Å². The Morgan fingerprint density at radius 1 is 1.29 bits per heavy atom. The Labute approximate surface area is 123 Å². The summed E-state index contributed by atoms with van der Waals surface area (Å²) < 4.78 is 32.6. The van der Waals surface area contributed by atoms with Gasteiger partial charge in [0.1, 0.15) is 5.75 Å². The molecule has 0 N–H and O–H groups in total. The summed E-state index contributed by atoms with van der Waals surface area (Å²) in [5.41, 5.74) is -0.0732. The molecule has 1 rings (SSSR count). The minimum Gasteiger partial charge on any atom is -0.460 e.